The highest BCUT2D eigenvalue weighted by molar-refractivity contribution is 5.91. The van der Waals surface area contributed by atoms with Crippen LogP contribution in [0.3, 0.4) is 0 Å². The summed E-state index contributed by atoms with van der Waals surface area (Å²) in [5.41, 5.74) is 0.631. The minimum absolute atomic E-state index is 0.0442. The Morgan fingerprint density at radius 2 is 1.30 bits per heavy atom. The molecule has 0 aliphatic heterocycles. The summed E-state index contributed by atoms with van der Waals surface area (Å²) in [6, 6.07) is 17.5. The third-order valence-electron chi connectivity index (χ3n) is 2.84. The summed E-state index contributed by atoms with van der Waals surface area (Å²) in [5.74, 6) is 0. The molecule has 0 saturated heterocycles. The molecule has 104 valence electrons. The van der Waals surface area contributed by atoms with Gasteiger partial charge in [0.15, 0.2) is 0 Å². The first kappa shape index (κ1) is 14.3. The Labute approximate surface area is 115 Å². The van der Waals surface area contributed by atoms with Gasteiger partial charge in [-0.2, -0.15) is 13.2 Å². The highest BCUT2D eigenvalue weighted by Gasteiger charge is 2.35. The Balaban J connectivity index is 2.16. The highest BCUT2D eigenvalue weighted by Crippen LogP contribution is 2.21. The molecule has 1 nitrogen and oxygen atoms in total. The summed E-state index contributed by atoms with van der Waals surface area (Å²) >= 11 is 0. The molecular weight excluding hydrogens is 263 g/mol. The molecule has 2 aromatic rings. The van der Waals surface area contributed by atoms with Gasteiger partial charge in [-0.25, -0.2) is 0 Å². The topological polar surface area (TPSA) is 12.4 Å². The quantitative estimate of drug-likeness (QED) is 0.733. The number of nitrogens with zero attached hydrogens (tertiary/aromatic N) is 1. The summed E-state index contributed by atoms with van der Waals surface area (Å²) in [6.45, 7) is 0.0442. The summed E-state index contributed by atoms with van der Waals surface area (Å²) in [7, 11) is 0. The van der Waals surface area contributed by atoms with Crippen LogP contribution in [0.15, 0.2) is 65.7 Å². The van der Waals surface area contributed by atoms with E-state index in [1.54, 1.807) is 54.6 Å². The van der Waals surface area contributed by atoms with Gasteiger partial charge >= 0.3 is 6.18 Å². The number of hydrogen-bond acceptors (Lipinski definition) is 1. The third kappa shape index (κ3) is 4.23. The minimum Gasteiger partial charge on any atom is -0.280 e. The zero-order valence-electron chi connectivity index (χ0n) is 10.8. The maximum Gasteiger partial charge on any atom is 0.429 e. The number of halogens is 3. The van der Waals surface area contributed by atoms with E-state index in [1.165, 1.54) is 0 Å². The van der Waals surface area contributed by atoms with Crippen molar-refractivity contribution in [3.05, 3.63) is 71.8 Å². The van der Waals surface area contributed by atoms with E-state index in [2.05, 4.69) is 4.99 Å². The fraction of sp³-hybridized carbons (Fsp3) is 0.188. The lowest BCUT2D eigenvalue weighted by Gasteiger charge is -2.11. The average molecular weight is 277 g/mol. The van der Waals surface area contributed by atoms with E-state index >= 15 is 0 Å². The molecule has 0 amide bonds. The van der Waals surface area contributed by atoms with Crippen LogP contribution in [-0.2, 0) is 13.0 Å². The van der Waals surface area contributed by atoms with Crippen molar-refractivity contribution in [2.24, 2.45) is 4.99 Å². The van der Waals surface area contributed by atoms with E-state index in [9.17, 15) is 13.2 Å². The molecule has 0 bridgehead atoms. The first-order valence-corrected chi connectivity index (χ1v) is 6.24. The zero-order chi connectivity index (χ0) is 14.4. The SMILES string of the molecule is FC(F)(F)C(Cc1ccccc1)=NCc1ccccc1. The number of aliphatic imine (C=N–C) groups is 1. The maximum absolute atomic E-state index is 13.0. The normalized spacial score (nSPS) is 12.4. The van der Waals surface area contributed by atoms with Crippen LogP contribution >= 0.6 is 0 Å². The summed E-state index contributed by atoms with van der Waals surface area (Å²) in [4.78, 5) is 3.75. The van der Waals surface area contributed by atoms with Crippen LogP contribution in [0.1, 0.15) is 11.1 Å². The van der Waals surface area contributed by atoms with Crippen LogP contribution in [0.4, 0.5) is 13.2 Å². The fourth-order valence-electron chi connectivity index (χ4n) is 1.81. The van der Waals surface area contributed by atoms with E-state index in [0.717, 1.165) is 5.56 Å². The van der Waals surface area contributed by atoms with Crippen molar-refractivity contribution < 1.29 is 13.2 Å². The second-order valence-electron chi connectivity index (χ2n) is 4.41. The maximum atomic E-state index is 13.0. The van der Waals surface area contributed by atoms with Crippen molar-refractivity contribution in [1.29, 1.82) is 0 Å². The Morgan fingerprint density at radius 3 is 1.80 bits per heavy atom. The third-order valence-corrected chi connectivity index (χ3v) is 2.84. The van der Waals surface area contributed by atoms with Gasteiger partial charge in [0.1, 0.15) is 5.71 Å². The molecule has 0 aromatic heterocycles. The van der Waals surface area contributed by atoms with Gasteiger partial charge < -0.3 is 0 Å². The molecule has 0 atom stereocenters. The van der Waals surface area contributed by atoms with Crippen molar-refractivity contribution in [3.63, 3.8) is 0 Å². The van der Waals surface area contributed by atoms with Gasteiger partial charge in [0.2, 0.25) is 0 Å². The van der Waals surface area contributed by atoms with Gasteiger partial charge in [-0.15, -0.1) is 0 Å². The van der Waals surface area contributed by atoms with Gasteiger partial charge in [0.25, 0.3) is 0 Å². The molecular formula is C16H14F3N. The van der Waals surface area contributed by atoms with E-state index in [-0.39, 0.29) is 13.0 Å². The van der Waals surface area contributed by atoms with Crippen LogP contribution in [-0.4, -0.2) is 11.9 Å². The van der Waals surface area contributed by atoms with Crippen LogP contribution in [0.5, 0.6) is 0 Å². The predicted molar refractivity (Wildman–Crippen MR) is 73.8 cm³/mol. The monoisotopic (exact) mass is 277 g/mol. The van der Waals surface area contributed by atoms with E-state index in [4.69, 9.17) is 0 Å². The molecule has 2 aromatic carbocycles. The molecule has 0 radical (unpaired) electrons. The van der Waals surface area contributed by atoms with Gasteiger partial charge in [0, 0.05) is 6.42 Å². The second-order valence-corrected chi connectivity index (χ2v) is 4.41. The molecule has 0 heterocycles. The number of benzene rings is 2. The molecule has 4 heteroatoms. The van der Waals surface area contributed by atoms with Gasteiger partial charge in [0.05, 0.1) is 6.54 Å². The van der Waals surface area contributed by atoms with Crippen molar-refractivity contribution >= 4 is 5.71 Å². The Bertz CT molecular complexity index is 559. The lowest BCUT2D eigenvalue weighted by molar-refractivity contribution is -0.0603. The lowest BCUT2D eigenvalue weighted by atomic mass is 10.1. The summed E-state index contributed by atoms with van der Waals surface area (Å²) in [6.07, 6.45) is -4.60. The summed E-state index contributed by atoms with van der Waals surface area (Å²) < 4.78 is 38.9. The second kappa shape index (κ2) is 6.37. The van der Waals surface area contributed by atoms with Crippen LogP contribution in [0, 0.1) is 0 Å². The molecule has 0 saturated carbocycles. The Kier molecular flexibility index (Phi) is 4.56. The minimum atomic E-state index is -4.40. The van der Waals surface area contributed by atoms with E-state index in [1.807, 2.05) is 6.07 Å². The smallest absolute Gasteiger partial charge is 0.280 e. The number of rotatable bonds is 4. The van der Waals surface area contributed by atoms with Crippen molar-refractivity contribution in [2.75, 3.05) is 0 Å². The first-order chi connectivity index (χ1) is 9.55. The molecule has 0 fully saturated rings. The lowest BCUT2D eigenvalue weighted by Crippen LogP contribution is -2.25. The average Bonchev–Trinajstić information content (AvgIpc) is 2.44. The standard InChI is InChI=1S/C16H14F3N/c17-16(18,19)15(11-13-7-3-1-4-8-13)20-12-14-9-5-2-6-10-14/h1-10H,11-12H2. The van der Waals surface area contributed by atoms with Crippen molar-refractivity contribution in [3.8, 4) is 0 Å². The molecule has 0 aliphatic carbocycles. The molecule has 0 aliphatic rings. The van der Waals surface area contributed by atoms with Crippen LogP contribution < -0.4 is 0 Å². The van der Waals surface area contributed by atoms with Crippen molar-refractivity contribution in [2.45, 2.75) is 19.1 Å². The molecule has 20 heavy (non-hydrogen) atoms. The fourth-order valence-corrected chi connectivity index (χ4v) is 1.81. The molecule has 0 unspecified atom stereocenters. The molecule has 0 spiro atoms. The zero-order valence-corrected chi connectivity index (χ0v) is 10.8. The van der Waals surface area contributed by atoms with Crippen molar-refractivity contribution in [1.82, 2.24) is 0 Å². The van der Waals surface area contributed by atoms with Gasteiger partial charge in [-0.1, -0.05) is 60.7 Å². The van der Waals surface area contributed by atoms with Gasteiger partial charge in [-0.3, -0.25) is 4.99 Å². The first-order valence-electron chi connectivity index (χ1n) is 6.24. The predicted octanol–water partition coefficient (Wildman–Crippen LogP) is 4.43. The largest absolute Gasteiger partial charge is 0.429 e. The van der Waals surface area contributed by atoms with Gasteiger partial charge in [-0.05, 0) is 11.1 Å². The highest BCUT2D eigenvalue weighted by atomic mass is 19.4. The Morgan fingerprint density at radius 1 is 0.800 bits per heavy atom. The summed E-state index contributed by atoms with van der Waals surface area (Å²) in [5, 5.41) is 0. The molecule has 2 rings (SSSR count). The number of hydrogen-bond donors (Lipinski definition) is 0. The van der Waals surface area contributed by atoms with Crippen LogP contribution in [0.25, 0.3) is 0 Å². The van der Waals surface area contributed by atoms with E-state index in [0.29, 0.717) is 5.56 Å². The Hall–Kier alpha value is -2.10. The number of alkyl halides is 3. The van der Waals surface area contributed by atoms with E-state index < -0.39 is 11.9 Å². The van der Waals surface area contributed by atoms with Crippen LogP contribution in [0.2, 0.25) is 0 Å². The molecule has 0 N–H and O–H groups in total.